The first kappa shape index (κ1) is 15.8. The Morgan fingerprint density at radius 3 is 2.57 bits per heavy atom. The van der Waals surface area contributed by atoms with Gasteiger partial charge in [0, 0.05) is 5.02 Å². The van der Waals surface area contributed by atoms with E-state index in [-0.39, 0.29) is 6.61 Å². The number of aliphatic hydroxyl groups excluding tert-OH is 1. The highest BCUT2D eigenvalue weighted by molar-refractivity contribution is 6.32. The van der Waals surface area contributed by atoms with E-state index in [9.17, 15) is 5.11 Å². The molecule has 1 aromatic heterocycles. The fourth-order valence-electron chi connectivity index (χ4n) is 2.74. The number of aryl methyl sites for hydroxylation is 2. The Balaban J connectivity index is 1.76. The zero-order chi connectivity index (χ0) is 16.4. The van der Waals surface area contributed by atoms with Gasteiger partial charge in [-0.3, -0.25) is 0 Å². The molecular formula is C18H19ClN2O2. The van der Waals surface area contributed by atoms with E-state index in [1.165, 1.54) is 0 Å². The molecule has 0 atom stereocenters. The zero-order valence-electron chi connectivity index (χ0n) is 13.2. The quantitative estimate of drug-likeness (QED) is 0.772. The molecule has 3 aromatic rings. The first-order valence-electron chi connectivity index (χ1n) is 7.54. The molecule has 0 bridgehead atoms. The first-order valence-corrected chi connectivity index (χ1v) is 7.92. The molecule has 4 nitrogen and oxygen atoms in total. The van der Waals surface area contributed by atoms with Crippen molar-refractivity contribution >= 4 is 22.6 Å². The number of hydrogen-bond donors (Lipinski definition) is 1. The number of imidazole rings is 1. The number of benzene rings is 2. The minimum atomic E-state index is -0.0894. The van der Waals surface area contributed by atoms with E-state index in [4.69, 9.17) is 16.3 Å². The largest absolute Gasteiger partial charge is 0.492 e. The summed E-state index contributed by atoms with van der Waals surface area (Å²) < 4.78 is 7.85. The van der Waals surface area contributed by atoms with Gasteiger partial charge in [-0.05, 0) is 49.2 Å². The lowest BCUT2D eigenvalue weighted by Crippen LogP contribution is -2.11. The normalized spacial score (nSPS) is 11.1. The monoisotopic (exact) mass is 330 g/mol. The summed E-state index contributed by atoms with van der Waals surface area (Å²) in [6, 6.07) is 11.7. The molecule has 120 valence electrons. The molecule has 23 heavy (non-hydrogen) atoms. The van der Waals surface area contributed by atoms with E-state index in [0.29, 0.717) is 19.0 Å². The number of halogens is 1. The topological polar surface area (TPSA) is 47.3 Å². The highest BCUT2D eigenvalue weighted by Crippen LogP contribution is 2.26. The summed E-state index contributed by atoms with van der Waals surface area (Å²) in [5.41, 5.74) is 3.90. The second-order valence-corrected chi connectivity index (χ2v) is 5.92. The third-order valence-electron chi connectivity index (χ3n) is 3.87. The van der Waals surface area contributed by atoms with E-state index in [1.54, 1.807) is 0 Å². The lowest BCUT2D eigenvalue weighted by molar-refractivity contribution is 0.255. The number of hydrogen-bond acceptors (Lipinski definition) is 3. The molecule has 1 N–H and O–H groups in total. The van der Waals surface area contributed by atoms with Gasteiger partial charge < -0.3 is 14.4 Å². The van der Waals surface area contributed by atoms with Crippen LogP contribution in [0.5, 0.6) is 5.75 Å². The lowest BCUT2D eigenvalue weighted by atomic mass is 10.1. The van der Waals surface area contributed by atoms with Crippen molar-refractivity contribution in [1.82, 2.24) is 9.55 Å². The van der Waals surface area contributed by atoms with E-state index in [2.05, 4.69) is 4.98 Å². The molecule has 2 aromatic carbocycles. The van der Waals surface area contributed by atoms with Crippen LogP contribution in [-0.2, 0) is 13.2 Å². The number of aliphatic hydroxyl groups is 1. The van der Waals surface area contributed by atoms with Crippen LogP contribution in [0.15, 0.2) is 36.4 Å². The Hall–Kier alpha value is -2.04. The molecule has 0 spiro atoms. The van der Waals surface area contributed by atoms with Gasteiger partial charge in [-0.2, -0.15) is 0 Å². The van der Waals surface area contributed by atoms with Crippen LogP contribution >= 0.6 is 11.6 Å². The van der Waals surface area contributed by atoms with Gasteiger partial charge in [0.2, 0.25) is 0 Å². The summed E-state index contributed by atoms with van der Waals surface area (Å²) >= 11 is 6.17. The molecule has 0 aliphatic rings. The number of para-hydroxylation sites is 2. The maximum absolute atomic E-state index is 9.50. The smallest absolute Gasteiger partial charge is 0.135 e. The van der Waals surface area contributed by atoms with Gasteiger partial charge in [-0.15, -0.1) is 0 Å². The number of aromatic nitrogens is 2. The van der Waals surface area contributed by atoms with Crippen LogP contribution in [0.4, 0.5) is 0 Å². The maximum atomic E-state index is 9.50. The number of ether oxygens (including phenoxy) is 1. The van der Waals surface area contributed by atoms with E-state index in [0.717, 1.165) is 32.9 Å². The van der Waals surface area contributed by atoms with Crippen molar-refractivity contribution in [2.45, 2.75) is 27.0 Å². The van der Waals surface area contributed by atoms with Crippen molar-refractivity contribution < 1.29 is 9.84 Å². The average molecular weight is 331 g/mol. The van der Waals surface area contributed by atoms with Crippen molar-refractivity contribution in [2.24, 2.45) is 0 Å². The van der Waals surface area contributed by atoms with Crippen molar-refractivity contribution in [1.29, 1.82) is 0 Å². The minimum absolute atomic E-state index is 0.0894. The highest BCUT2D eigenvalue weighted by atomic mass is 35.5. The zero-order valence-corrected chi connectivity index (χ0v) is 14.0. The van der Waals surface area contributed by atoms with E-state index < -0.39 is 0 Å². The van der Waals surface area contributed by atoms with Crippen molar-refractivity contribution in [3.63, 3.8) is 0 Å². The van der Waals surface area contributed by atoms with Crippen molar-refractivity contribution in [3.8, 4) is 5.75 Å². The maximum Gasteiger partial charge on any atom is 0.135 e. The van der Waals surface area contributed by atoms with Gasteiger partial charge in [-0.1, -0.05) is 23.7 Å². The molecule has 0 amide bonds. The minimum Gasteiger partial charge on any atom is -0.492 e. The lowest BCUT2D eigenvalue weighted by Gasteiger charge is -2.12. The summed E-state index contributed by atoms with van der Waals surface area (Å²) in [5.74, 6) is 1.46. The molecule has 3 rings (SSSR count). The van der Waals surface area contributed by atoms with Gasteiger partial charge in [0.1, 0.15) is 24.8 Å². The molecule has 0 fully saturated rings. The fraction of sp³-hybridized carbons (Fsp3) is 0.278. The number of nitrogens with zero attached hydrogens (tertiary/aromatic N) is 2. The molecule has 1 heterocycles. The van der Waals surface area contributed by atoms with Crippen LogP contribution in [0.25, 0.3) is 11.0 Å². The average Bonchev–Trinajstić information content (AvgIpc) is 2.90. The van der Waals surface area contributed by atoms with Crippen molar-refractivity contribution in [3.05, 3.63) is 58.4 Å². The Morgan fingerprint density at radius 1 is 1.17 bits per heavy atom. The van der Waals surface area contributed by atoms with Gasteiger partial charge in [0.15, 0.2) is 0 Å². The summed E-state index contributed by atoms with van der Waals surface area (Å²) in [4.78, 5) is 4.44. The molecule has 0 saturated heterocycles. The molecule has 0 unspecified atom stereocenters. The van der Waals surface area contributed by atoms with Gasteiger partial charge in [-0.25, -0.2) is 4.98 Å². The third-order valence-corrected chi connectivity index (χ3v) is 4.46. The van der Waals surface area contributed by atoms with Crippen LogP contribution in [0.1, 0.15) is 17.0 Å². The Morgan fingerprint density at radius 2 is 1.87 bits per heavy atom. The van der Waals surface area contributed by atoms with Crippen LogP contribution in [0, 0.1) is 13.8 Å². The van der Waals surface area contributed by atoms with Crippen LogP contribution < -0.4 is 4.74 Å². The summed E-state index contributed by atoms with van der Waals surface area (Å²) in [7, 11) is 0. The summed E-state index contributed by atoms with van der Waals surface area (Å²) in [5, 5.41) is 10.3. The number of fused-ring (bicyclic) bond motifs is 1. The van der Waals surface area contributed by atoms with Crippen LogP contribution in [0.2, 0.25) is 5.02 Å². The standard InChI is InChI=1S/C18H19ClN2O2/c1-12-9-14(10-13(2)18(12)19)23-8-7-21-16-6-4-3-5-15(16)20-17(21)11-22/h3-6,9-10,22H,7-8,11H2,1-2H3. The molecule has 0 radical (unpaired) electrons. The summed E-state index contributed by atoms with van der Waals surface area (Å²) in [6.07, 6.45) is 0. The van der Waals surface area contributed by atoms with Crippen LogP contribution in [0.3, 0.4) is 0 Å². The predicted molar refractivity (Wildman–Crippen MR) is 92.1 cm³/mol. The van der Waals surface area contributed by atoms with E-state index >= 15 is 0 Å². The molecule has 0 saturated carbocycles. The van der Waals surface area contributed by atoms with E-state index in [1.807, 2.05) is 54.8 Å². The Bertz CT molecular complexity index is 819. The second kappa shape index (κ2) is 6.60. The van der Waals surface area contributed by atoms with Gasteiger partial charge in [0.05, 0.1) is 17.6 Å². The SMILES string of the molecule is Cc1cc(OCCn2c(CO)nc3ccccc32)cc(C)c1Cl. The first-order chi connectivity index (χ1) is 11.1. The Kier molecular flexibility index (Phi) is 4.55. The summed E-state index contributed by atoms with van der Waals surface area (Å²) in [6.45, 7) is 4.96. The second-order valence-electron chi connectivity index (χ2n) is 5.55. The van der Waals surface area contributed by atoms with Crippen LogP contribution in [-0.4, -0.2) is 21.3 Å². The van der Waals surface area contributed by atoms with Gasteiger partial charge >= 0.3 is 0 Å². The molecule has 0 aliphatic carbocycles. The predicted octanol–water partition coefficient (Wildman–Crippen LogP) is 3.88. The number of rotatable bonds is 5. The van der Waals surface area contributed by atoms with Gasteiger partial charge in [0.25, 0.3) is 0 Å². The molecular weight excluding hydrogens is 312 g/mol. The molecule has 0 aliphatic heterocycles. The Labute approximate surface area is 140 Å². The molecule has 5 heteroatoms. The third kappa shape index (κ3) is 3.19. The van der Waals surface area contributed by atoms with Crippen molar-refractivity contribution in [2.75, 3.05) is 6.61 Å². The fourth-order valence-corrected chi connectivity index (χ4v) is 2.85. The highest BCUT2D eigenvalue weighted by Gasteiger charge is 2.10.